The number of pyridine rings is 1. The van der Waals surface area contributed by atoms with Crippen LogP contribution in [-0.4, -0.2) is 27.7 Å². The van der Waals surface area contributed by atoms with Gasteiger partial charge in [-0.3, -0.25) is 4.79 Å². The molecule has 6 nitrogen and oxygen atoms in total. The predicted octanol–water partition coefficient (Wildman–Crippen LogP) is 5.93. The Morgan fingerprint density at radius 1 is 0.971 bits per heavy atom. The van der Waals surface area contributed by atoms with E-state index >= 15 is 0 Å². The number of H-pyrrole nitrogens is 1. The highest BCUT2D eigenvalue weighted by atomic mass is 35.5. The molecule has 2 N–H and O–H groups in total. The van der Waals surface area contributed by atoms with Crippen LogP contribution in [0.4, 0.5) is 0 Å². The van der Waals surface area contributed by atoms with E-state index in [1.165, 1.54) is 0 Å². The van der Waals surface area contributed by atoms with Crippen molar-refractivity contribution in [3.8, 4) is 22.4 Å². The molecule has 0 saturated heterocycles. The number of nitrogens with zero attached hydrogens (tertiary/aromatic N) is 3. The van der Waals surface area contributed by atoms with Crippen LogP contribution in [0, 0.1) is 0 Å². The van der Waals surface area contributed by atoms with Crippen LogP contribution < -0.4 is 11.0 Å². The maximum Gasteiger partial charge on any atom is 0.260 e. The summed E-state index contributed by atoms with van der Waals surface area (Å²) in [6, 6.07) is 15.2. The molecule has 0 spiro atoms. The third-order valence-electron chi connectivity index (χ3n) is 5.90. The van der Waals surface area contributed by atoms with E-state index in [0.717, 1.165) is 28.8 Å². The highest BCUT2D eigenvalue weighted by molar-refractivity contribution is 6.33. The van der Waals surface area contributed by atoms with Gasteiger partial charge in [-0.1, -0.05) is 68.2 Å². The summed E-state index contributed by atoms with van der Waals surface area (Å²) >= 11 is 12.9. The van der Waals surface area contributed by atoms with Gasteiger partial charge in [0.15, 0.2) is 5.65 Å². The zero-order valence-corrected chi connectivity index (χ0v) is 20.5. The quantitative estimate of drug-likeness (QED) is 0.372. The van der Waals surface area contributed by atoms with Crippen LogP contribution in [0.15, 0.2) is 58.4 Å². The van der Waals surface area contributed by atoms with Gasteiger partial charge in [-0.05, 0) is 35.4 Å². The number of halogens is 2. The van der Waals surface area contributed by atoms with E-state index in [9.17, 15) is 4.79 Å². The first-order valence-corrected chi connectivity index (χ1v) is 11.7. The molecule has 1 unspecified atom stereocenters. The Bertz CT molecular complexity index is 1490. The Morgan fingerprint density at radius 2 is 1.74 bits per heavy atom. The molecule has 2 aromatic carbocycles. The van der Waals surface area contributed by atoms with Crippen LogP contribution in [0.2, 0.25) is 10.0 Å². The van der Waals surface area contributed by atoms with Crippen molar-refractivity contribution in [3.63, 3.8) is 0 Å². The lowest BCUT2D eigenvalue weighted by Gasteiger charge is -2.18. The standard InChI is InChI=1S/C26H23Cl2N5O/c1-26(2,3)25-32-23-20(24(34)33-25)11-19(14-4-7-17(27)8-5-14)22(31-23)18-9-6-15(10-21(18)28)16-12-29-30-13-16/h4-12,16,30H,13H2,1-3H3,(H,31,32,33,34). The fourth-order valence-corrected chi connectivity index (χ4v) is 4.38. The van der Waals surface area contributed by atoms with Crippen LogP contribution in [0.5, 0.6) is 0 Å². The van der Waals surface area contributed by atoms with E-state index in [-0.39, 0.29) is 16.9 Å². The van der Waals surface area contributed by atoms with Gasteiger partial charge in [-0.15, -0.1) is 0 Å². The van der Waals surface area contributed by atoms with Crippen LogP contribution in [0.25, 0.3) is 33.4 Å². The van der Waals surface area contributed by atoms with E-state index in [0.29, 0.717) is 32.6 Å². The summed E-state index contributed by atoms with van der Waals surface area (Å²) in [4.78, 5) is 25.5. The average molecular weight is 492 g/mol. The summed E-state index contributed by atoms with van der Waals surface area (Å²) in [6.07, 6.45) is 1.88. The minimum Gasteiger partial charge on any atom is -0.309 e. The lowest BCUT2D eigenvalue weighted by atomic mass is 9.94. The summed E-state index contributed by atoms with van der Waals surface area (Å²) in [6.45, 7) is 6.73. The summed E-state index contributed by atoms with van der Waals surface area (Å²) in [7, 11) is 0. The topological polar surface area (TPSA) is 83.0 Å². The maximum absolute atomic E-state index is 13.0. The fourth-order valence-electron chi connectivity index (χ4n) is 3.98. The molecule has 0 amide bonds. The Morgan fingerprint density at radius 3 is 2.38 bits per heavy atom. The molecule has 8 heteroatoms. The molecule has 0 radical (unpaired) electrons. The molecule has 0 fully saturated rings. The third kappa shape index (κ3) is 4.19. The molecule has 1 aliphatic rings. The maximum atomic E-state index is 13.0. The van der Waals surface area contributed by atoms with Crippen LogP contribution >= 0.6 is 23.2 Å². The molecular weight excluding hydrogens is 469 g/mol. The van der Waals surface area contributed by atoms with Gasteiger partial charge in [-0.2, -0.15) is 5.10 Å². The smallest absolute Gasteiger partial charge is 0.260 e. The highest BCUT2D eigenvalue weighted by Crippen LogP contribution is 2.37. The number of aromatic nitrogens is 3. The predicted molar refractivity (Wildman–Crippen MR) is 139 cm³/mol. The van der Waals surface area contributed by atoms with Crippen molar-refractivity contribution in [3.05, 3.63) is 80.3 Å². The SMILES string of the molecule is CC(C)(C)c1nc2nc(-c3ccc(C4C=NNC4)cc3Cl)c(-c3ccc(Cl)cc3)cc2c(=O)[nH]1. The van der Waals surface area contributed by atoms with E-state index in [4.69, 9.17) is 33.2 Å². The molecule has 4 aromatic rings. The van der Waals surface area contributed by atoms with Gasteiger partial charge in [-0.25, -0.2) is 9.97 Å². The van der Waals surface area contributed by atoms with Gasteiger partial charge in [0.1, 0.15) is 5.82 Å². The summed E-state index contributed by atoms with van der Waals surface area (Å²) in [5.74, 6) is 0.749. The zero-order chi connectivity index (χ0) is 24.0. The number of benzene rings is 2. The molecule has 1 atom stereocenters. The first-order valence-electron chi connectivity index (χ1n) is 11.0. The molecule has 0 bridgehead atoms. The Balaban J connectivity index is 1.76. The molecule has 5 rings (SSSR count). The molecule has 1 aliphatic heterocycles. The van der Waals surface area contributed by atoms with Crippen molar-refractivity contribution in [2.75, 3.05) is 6.54 Å². The van der Waals surface area contributed by atoms with Gasteiger partial charge < -0.3 is 10.4 Å². The van der Waals surface area contributed by atoms with Crippen molar-refractivity contribution in [2.24, 2.45) is 5.10 Å². The molecular formula is C26H23Cl2N5O. The van der Waals surface area contributed by atoms with E-state index in [1.807, 2.05) is 75.5 Å². The van der Waals surface area contributed by atoms with Crippen molar-refractivity contribution in [1.29, 1.82) is 0 Å². The van der Waals surface area contributed by atoms with E-state index in [1.54, 1.807) is 0 Å². The monoisotopic (exact) mass is 491 g/mol. The van der Waals surface area contributed by atoms with Crippen molar-refractivity contribution < 1.29 is 0 Å². The van der Waals surface area contributed by atoms with E-state index in [2.05, 4.69) is 15.5 Å². The molecule has 172 valence electrons. The fraction of sp³-hybridized carbons (Fsp3) is 0.231. The average Bonchev–Trinajstić information content (AvgIpc) is 3.33. The summed E-state index contributed by atoms with van der Waals surface area (Å²) in [5, 5.41) is 5.72. The van der Waals surface area contributed by atoms with Gasteiger partial charge in [0, 0.05) is 40.2 Å². The third-order valence-corrected chi connectivity index (χ3v) is 6.46. The second-order valence-electron chi connectivity index (χ2n) is 9.41. The summed E-state index contributed by atoms with van der Waals surface area (Å²) < 4.78 is 0. The molecule has 2 aromatic heterocycles. The highest BCUT2D eigenvalue weighted by Gasteiger charge is 2.22. The van der Waals surface area contributed by atoms with Crippen LogP contribution in [0.1, 0.15) is 38.1 Å². The number of hydrazone groups is 1. The number of nitrogens with one attached hydrogen (secondary N) is 2. The Hall–Kier alpha value is -3.22. The first kappa shape index (κ1) is 22.6. The van der Waals surface area contributed by atoms with Gasteiger partial charge in [0.05, 0.1) is 16.1 Å². The summed E-state index contributed by atoms with van der Waals surface area (Å²) in [5.41, 5.74) is 6.94. The Labute approximate surface area is 207 Å². The number of hydrogen-bond donors (Lipinski definition) is 2. The van der Waals surface area contributed by atoms with Gasteiger partial charge in [0.25, 0.3) is 5.56 Å². The van der Waals surface area contributed by atoms with Crippen molar-refractivity contribution in [2.45, 2.75) is 32.1 Å². The number of rotatable bonds is 3. The normalized spacial score (nSPS) is 15.6. The lowest BCUT2D eigenvalue weighted by Crippen LogP contribution is -2.22. The van der Waals surface area contributed by atoms with Crippen molar-refractivity contribution >= 4 is 40.4 Å². The lowest BCUT2D eigenvalue weighted by molar-refractivity contribution is 0.545. The zero-order valence-electron chi connectivity index (χ0n) is 19.0. The largest absolute Gasteiger partial charge is 0.309 e. The van der Waals surface area contributed by atoms with Gasteiger partial charge >= 0.3 is 0 Å². The second kappa shape index (κ2) is 8.53. The number of hydrogen-bond acceptors (Lipinski definition) is 5. The van der Waals surface area contributed by atoms with Crippen molar-refractivity contribution in [1.82, 2.24) is 20.4 Å². The Kier molecular flexibility index (Phi) is 5.66. The van der Waals surface area contributed by atoms with E-state index < -0.39 is 0 Å². The second-order valence-corrected chi connectivity index (χ2v) is 10.3. The van der Waals surface area contributed by atoms with Crippen LogP contribution in [-0.2, 0) is 5.41 Å². The minimum absolute atomic E-state index is 0.168. The van der Waals surface area contributed by atoms with Gasteiger partial charge in [0.2, 0.25) is 0 Å². The molecule has 0 aliphatic carbocycles. The number of aromatic amines is 1. The molecule has 34 heavy (non-hydrogen) atoms. The molecule has 0 saturated carbocycles. The number of fused-ring (bicyclic) bond motifs is 1. The first-order chi connectivity index (χ1) is 16.2. The molecule has 3 heterocycles. The van der Waals surface area contributed by atoms with Crippen LogP contribution in [0.3, 0.4) is 0 Å². The minimum atomic E-state index is -0.333.